The van der Waals surface area contributed by atoms with Gasteiger partial charge < -0.3 is 5.73 Å². The van der Waals surface area contributed by atoms with E-state index in [9.17, 15) is 0 Å². The van der Waals surface area contributed by atoms with Crippen LogP contribution in [0, 0.1) is 18.6 Å². The summed E-state index contributed by atoms with van der Waals surface area (Å²) >= 11 is 6.85. The number of thiophene rings is 1. The molecule has 0 aliphatic carbocycles. The van der Waals surface area contributed by atoms with Gasteiger partial charge >= 0.3 is 0 Å². The highest BCUT2D eigenvalue weighted by Crippen LogP contribution is 2.22. The molecule has 0 aliphatic heterocycles. The molecule has 0 saturated carbocycles. The minimum absolute atomic E-state index is 0.434. The third-order valence-corrected chi connectivity index (χ3v) is 3.77. The fraction of sp³-hybridized carbons (Fsp3) is 0.333. The molecule has 0 fully saturated rings. The number of nitrogens with one attached hydrogen (secondary N) is 1. The van der Waals surface area contributed by atoms with Crippen molar-refractivity contribution in [1.82, 2.24) is 14.8 Å². The van der Waals surface area contributed by atoms with Gasteiger partial charge in [-0.1, -0.05) is 0 Å². The van der Waals surface area contributed by atoms with Crippen molar-refractivity contribution in [2.45, 2.75) is 20.4 Å². The Balaban J connectivity index is 2.33. The molecule has 0 aliphatic rings. The lowest BCUT2D eigenvalue weighted by Crippen LogP contribution is -2.03. The predicted octanol–water partition coefficient (Wildman–Crippen LogP) is 2.25. The van der Waals surface area contributed by atoms with Crippen LogP contribution in [0.1, 0.15) is 15.3 Å². The van der Waals surface area contributed by atoms with Gasteiger partial charge in [-0.25, -0.2) is 5.10 Å². The average Bonchev–Trinajstić information content (AvgIpc) is 2.64. The molecule has 0 atom stereocenters. The zero-order valence-corrected chi connectivity index (χ0v) is 10.2. The SMILES string of the molecule is Cc1cc(Cn2c(N)n[nH]c2=S)sc1C. The Hall–Kier alpha value is -1.14. The average molecular weight is 240 g/mol. The van der Waals surface area contributed by atoms with Crippen LogP contribution in [0.2, 0.25) is 0 Å². The molecular formula is C9H12N4S2. The lowest BCUT2D eigenvalue weighted by molar-refractivity contribution is 0.805. The molecule has 2 heterocycles. The molecule has 2 rings (SSSR count). The first kappa shape index (κ1) is 10.4. The molecule has 2 aromatic rings. The van der Waals surface area contributed by atoms with E-state index in [0.29, 0.717) is 17.3 Å². The van der Waals surface area contributed by atoms with E-state index in [4.69, 9.17) is 18.0 Å². The third-order valence-electron chi connectivity index (χ3n) is 2.32. The van der Waals surface area contributed by atoms with Crippen LogP contribution in [0.5, 0.6) is 0 Å². The van der Waals surface area contributed by atoms with Crippen LogP contribution in [0.4, 0.5) is 5.95 Å². The van der Waals surface area contributed by atoms with Gasteiger partial charge in [0.15, 0.2) is 4.77 Å². The van der Waals surface area contributed by atoms with Crippen LogP contribution in [0.25, 0.3) is 0 Å². The Morgan fingerprint density at radius 2 is 2.33 bits per heavy atom. The van der Waals surface area contributed by atoms with Crippen LogP contribution >= 0.6 is 23.6 Å². The van der Waals surface area contributed by atoms with E-state index in [1.54, 1.807) is 15.9 Å². The molecule has 0 amide bonds. The van der Waals surface area contributed by atoms with Gasteiger partial charge in [0.25, 0.3) is 0 Å². The summed E-state index contributed by atoms with van der Waals surface area (Å²) in [6.07, 6.45) is 0. The monoisotopic (exact) mass is 240 g/mol. The standard InChI is InChI=1S/C9H12N4S2/c1-5-3-7(15-6(5)2)4-13-8(10)11-12-9(13)14/h3H,4H2,1-2H3,(H2,10,11)(H,12,14). The highest BCUT2D eigenvalue weighted by atomic mass is 32.1. The number of aromatic nitrogens is 3. The Labute approximate surface area is 96.7 Å². The summed E-state index contributed by atoms with van der Waals surface area (Å²) in [6.45, 7) is 4.91. The second kappa shape index (κ2) is 3.79. The Bertz CT molecular complexity index is 515. The molecular weight excluding hydrogens is 228 g/mol. The molecule has 15 heavy (non-hydrogen) atoms. The van der Waals surface area contributed by atoms with Crippen molar-refractivity contribution in [3.8, 4) is 0 Å². The highest BCUT2D eigenvalue weighted by molar-refractivity contribution is 7.71. The van der Waals surface area contributed by atoms with E-state index in [0.717, 1.165) is 0 Å². The number of nitrogens with two attached hydrogens (primary N) is 1. The smallest absolute Gasteiger partial charge is 0.220 e. The van der Waals surface area contributed by atoms with Crippen molar-refractivity contribution < 1.29 is 0 Å². The maximum atomic E-state index is 5.69. The van der Waals surface area contributed by atoms with Crippen molar-refractivity contribution in [1.29, 1.82) is 0 Å². The first-order chi connectivity index (χ1) is 7.08. The number of aromatic amines is 1. The fourth-order valence-electron chi connectivity index (χ4n) is 1.37. The van der Waals surface area contributed by atoms with Gasteiger partial charge in [0.2, 0.25) is 5.95 Å². The minimum atomic E-state index is 0.434. The van der Waals surface area contributed by atoms with Gasteiger partial charge in [-0.15, -0.1) is 16.4 Å². The van der Waals surface area contributed by atoms with Crippen molar-refractivity contribution in [2.75, 3.05) is 5.73 Å². The van der Waals surface area contributed by atoms with E-state index in [2.05, 4.69) is 30.1 Å². The van der Waals surface area contributed by atoms with Crippen molar-refractivity contribution in [3.05, 3.63) is 26.2 Å². The summed E-state index contributed by atoms with van der Waals surface area (Å²) in [6, 6.07) is 2.16. The Morgan fingerprint density at radius 3 is 2.80 bits per heavy atom. The van der Waals surface area contributed by atoms with E-state index in [-0.39, 0.29) is 0 Å². The summed E-state index contributed by atoms with van der Waals surface area (Å²) in [5.74, 6) is 0.434. The predicted molar refractivity (Wildman–Crippen MR) is 64.7 cm³/mol. The number of anilines is 1. The van der Waals surface area contributed by atoms with E-state index in [1.807, 2.05) is 0 Å². The van der Waals surface area contributed by atoms with Gasteiger partial charge in [-0.05, 0) is 37.7 Å². The first-order valence-electron chi connectivity index (χ1n) is 4.54. The maximum absolute atomic E-state index is 5.69. The van der Waals surface area contributed by atoms with Gasteiger partial charge in [0, 0.05) is 9.75 Å². The number of nitrogens with zero attached hydrogens (tertiary/aromatic N) is 2. The first-order valence-corrected chi connectivity index (χ1v) is 5.77. The van der Waals surface area contributed by atoms with Gasteiger partial charge in [-0.2, -0.15) is 0 Å². The van der Waals surface area contributed by atoms with Gasteiger partial charge in [-0.3, -0.25) is 4.57 Å². The number of hydrogen-bond acceptors (Lipinski definition) is 4. The van der Waals surface area contributed by atoms with E-state index < -0.39 is 0 Å². The zero-order valence-electron chi connectivity index (χ0n) is 8.57. The van der Waals surface area contributed by atoms with Crippen molar-refractivity contribution in [3.63, 3.8) is 0 Å². The summed E-state index contributed by atoms with van der Waals surface area (Å²) in [4.78, 5) is 2.58. The molecule has 0 unspecified atom stereocenters. The largest absolute Gasteiger partial charge is 0.368 e. The van der Waals surface area contributed by atoms with Crippen molar-refractivity contribution >= 4 is 29.5 Å². The molecule has 80 valence electrons. The van der Waals surface area contributed by atoms with E-state index in [1.165, 1.54) is 15.3 Å². The number of rotatable bonds is 2. The molecule has 0 spiro atoms. The van der Waals surface area contributed by atoms with Crippen LogP contribution in [-0.2, 0) is 6.54 Å². The molecule has 2 aromatic heterocycles. The fourth-order valence-corrected chi connectivity index (χ4v) is 2.61. The Kier molecular flexibility index (Phi) is 2.62. The van der Waals surface area contributed by atoms with Crippen molar-refractivity contribution in [2.24, 2.45) is 0 Å². The van der Waals surface area contributed by atoms with Gasteiger partial charge in [0.1, 0.15) is 0 Å². The molecule has 6 heteroatoms. The topological polar surface area (TPSA) is 59.6 Å². The number of hydrogen-bond donors (Lipinski definition) is 2. The number of aryl methyl sites for hydroxylation is 2. The normalized spacial score (nSPS) is 10.8. The van der Waals surface area contributed by atoms with Crippen LogP contribution < -0.4 is 5.73 Å². The molecule has 0 aromatic carbocycles. The number of H-pyrrole nitrogens is 1. The number of nitrogen functional groups attached to an aromatic ring is 1. The van der Waals surface area contributed by atoms with Gasteiger partial charge in [0.05, 0.1) is 6.54 Å². The third kappa shape index (κ3) is 1.95. The molecule has 0 saturated heterocycles. The summed E-state index contributed by atoms with van der Waals surface area (Å²) in [5.41, 5.74) is 7.00. The van der Waals surface area contributed by atoms with Crippen LogP contribution in [0.15, 0.2) is 6.07 Å². The lowest BCUT2D eigenvalue weighted by Gasteiger charge is -1.99. The second-order valence-electron chi connectivity index (χ2n) is 3.43. The second-order valence-corrected chi connectivity index (χ2v) is 5.15. The summed E-state index contributed by atoms with van der Waals surface area (Å²) in [7, 11) is 0. The molecule has 4 nitrogen and oxygen atoms in total. The zero-order chi connectivity index (χ0) is 11.0. The quantitative estimate of drug-likeness (QED) is 0.791. The lowest BCUT2D eigenvalue weighted by atomic mass is 10.3. The summed E-state index contributed by atoms with van der Waals surface area (Å²) in [5, 5.41) is 6.54. The highest BCUT2D eigenvalue weighted by Gasteiger charge is 2.06. The summed E-state index contributed by atoms with van der Waals surface area (Å²) < 4.78 is 2.36. The van der Waals surface area contributed by atoms with Crippen LogP contribution in [0.3, 0.4) is 0 Å². The molecule has 3 N–H and O–H groups in total. The Morgan fingerprint density at radius 1 is 1.60 bits per heavy atom. The van der Waals surface area contributed by atoms with E-state index >= 15 is 0 Å². The van der Waals surface area contributed by atoms with Crippen LogP contribution in [-0.4, -0.2) is 14.8 Å². The maximum Gasteiger partial charge on any atom is 0.220 e. The minimum Gasteiger partial charge on any atom is -0.368 e. The molecule has 0 bridgehead atoms. The molecule has 0 radical (unpaired) electrons.